The zero-order valence-corrected chi connectivity index (χ0v) is 12.4. The Bertz CT molecular complexity index is 729. The fourth-order valence-electron chi connectivity index (χ4n) is 1.68. The van der Waals surface area contributed by atoms with Gasteiger partial charge in [-0.05, 0) is 61.0 Å². The van der Waals surface area contributed by atoms with Crippen LogP contribution in [0.4, 0.5) is 0 Å². The first-order valence-corrected chi connectivity index (χ1v) is 7.79. The maximum absolute atomic E-state index is 12.4. The molecule has 0 radical (unpaired) electrons. The van der Waals surface area contributed by atoms with Gasteiger partial charge in [0.15, 0.2) is 0 Å². The van der Waals surface area contributed by atoms with Gasteiger partial charge >= 0.3 is 0 Å². The topological polar surface area (TPSA) is 63.6 Å². The quantitative estimate of drug-likeness (QED) is 0.862. The number of ether oxygens (including phenoxy) is 1. The zero-order valence-electron chi connectivity index (χ0n) is 11.6. The first-order valence-electron chi connectivity index (χ1n) is 6.31. The average molecular weight is 304 g/mol. The van der Waals surface area contributed by atoms with E-state index in [0.717, 1.165) is 5.57 Å². The van der Waals surface area contributed by atoms with Crippen molar-refractivity contribution in [2.24, 2.45) is 0 Å². The van der Waals surface area contributed by atoms with Gasteiger partial charge in [0.2, 0.25) is 9.84 Å². The molecule has 0 unspecified atom stereocenters. The standard InChI is InChI=1S/C16H16O4S/c1-12(2)11-20-14-5-9-16(10-6-14)21(18,19)15-7-3-13(17)4-8-15/h3-10,17H,1,11H2,2H3. The molecule has 0 aliphatic heterocycles. The monoisotopic (exact) mass is 304 g/mol. The molecule has 1 N–H and O–H groups in total. The Balaban J connectivity index is 2.24. The number of sulfone groups is 1. The zero-order chi connectivity index (χ0) is 15.5. The minimum Gasteiger partial charge on any atom is -0.508 e. The average Bonchev–Trinajstić information content (AvgIpc) is 2.46. The molecule has 0 bridgehead atoms. The Labute approximate surface area is 124 Å². The van der Waals surface area contributed by atoms with Crippen molar-refractivity contribution in [3.63, 3.8) is 0 Å². The lowest BCUT2D eigenvalue weighted by Gasteiger charge is -2.08. The molecule has 0 aromatic heterocycles. The van der Waals surface area contributed by atoms with E-state index in [4.69, 9.17) is 4.74 Å². The van der Waals surface area contributed by atoms with Crippen LogP contribution in [0.3, 0.4) is 0 Å². The molecule has 0 spiro atoms. The number of hydrogen-bond donors (Lipinski definition) is 1. The molecule has 0 fully saturated rings. The van der Waals surface area contributed by atoms with Crippen molar-refractivity contribution in [3.8, 4) is 11.5 Å². The van der Waals surface area contributed by atoms with Gasteiger partial charge in [-0.1, -0.05) is 6.58 Å². The van der Waals surface area contributed by atoms with Gasteiger partial charge in [0.05, 0.1) is 9.79 Å². The highest BCUT2D eigenvalue weighted by Gasteiger charge is 2.17. The number of phenols is 1. The normalized spacial score (nSPS) is 11.1. The molecule has 0 saturated carbocycles. The van der Waals surface area contributed by atoms with Gasteiger partial charge in [-0.15, -0.1) is 0 Å². The van der Waals surface area contributed by atoms with Crippen LogP contribution < -0.4 is 4.74 Å². The minimum absolute atomic E-state index is 0.0255. The predicted molar refractivity (Wildman–Crippen MR) is 80.3 cm³/mol. The van der Waals surface area contributed by atoms with E-state index in [-0.39, 0.29) is 15.5 Å². The molecule has 110 valence electrons. The lowest BCUT2D eigenvalue weighted by molar-refractivity contribution is 0.352. The number of aromatic hydroxyl groups is 1. The van der Waals surface area contributed by atoms with Gasteiger partial charge in [0.1, 0.15) is 18.1 Å². The lowest BCUT2D eigenvalue weighted by atomic mass is 10.3. The highest BCUT2D eigenvalue weighted by atomic mass is 32.2. The van der Waals surface area contributed by atoms with E-state index >= 15 is 0 Å². The molecular weight excluding hydrogens is 288 g/mol. The van der Waals surface area contributed by atoms with Gasteiger partial charge in [-0.3, -0.25) is 0 Å². The largest absolute Gasteiger partial charge is 0.508 e. The third kappa shape index (κ3) is 3.64. The van der Waals surface area contributed by atoms with Crippen molar-refractivity contribution in [1.29, 1.82) is 0 Å². The Kier molecular flexibility index (Phi) is 4.33. The van der Waals surface area contributed by atoms with Crippen LogP contribution in [-0.4, -0.2) is 20.1 Å². The summed E-state index contributed by atoms with van der Waals surface area (Å²) in [6.45, 7) is 5.98. The molecule has 4 nitrogen and oxygen atoms in total. The molecule has 5 heteroatoms. The van der Waals surface area contributed by atoms with Gasteiger partial charge < -0.3 is 9.84 Å². The molecule has 21 heavy (non-hydrogen) atoms. The second-order valence-corrected chi connectivity index (χ2v) is 6.66. The summed E-state index contributed by atoms with van der Waals surface area (Å²) in [5.41, 5.74) is 0.885. The summed E-state index contributed by atoms with van der Waals surface area (Å²) in [5.74, 6) is 0.611. The second kappa shape index (κ2) is 6.01. The number of hydrogen-bond acceptors (Lipinski definition) is 4. The first kappa shape index (κ1) is 15.1. The fourth-order valence-corrected chi connectivity index (χ4v) is 2.94. The summed E-state index contributed by atoms with van der Waals surface area (Å²) in [6, 6.07) is 11.6. The van der Waals surface area contributed by atoms with E-state index in [0.29, 0.717) is 12.4 Å². The molecule has 0 aliphatic rings. The van der Waals surface area contributed by atoms with Crippen molar-refractivity contribution in [3.05, 3.63) is 60.7 Å². The third-order valence-corrected chi connectivity index (χ3v) is 4.55. The Morgan fingerprint density at radius 1 is 1.05 bits per heavy atom. The number of phenolic OH excluding ortho intramolecular Hbond substituents is 1. The van der Waals surface area contributed by atoms with E-state index in [1.54, 1.807) is 12.1 Å². The third-order valence-electron chi connectivity index (χ3n) is 2.77. The Morgan fingerprint density at radius 3 is 2.00 bits per heavy atom. The fraction of sp³-hybridized carbons (Fsp3) is 0.125. The minimum atomic E-state index is -3.59. The van der Waals surface area contributed by atoms with Crippen molar-refractivity contribution in [1.82, 2.24) is 0 Å². The van der Waals surface area contributed by atoms with Crippen LogP contribution in [0.5, 0.6) is 11.5 Å². The number of benzene rings is 2. The summed E-state index contributed by atoms with van der Waals surface area (Å²) in [6.07, 6.45) is 0. The van der Waals surface area contributed by atoms with Gasteiger partial charge in [-0.25, -0.2) is 8.42 Å². The molecule has 2 rings (SSSR count). The van der Waals surface area contributed by atoms with Crippen LogP contribution >= 0.6 is 0 Å². The summed E-state index contributed by atoms with van der Waals surface area (Å²) in [7, 11) is -3.59. The smallest absolute Gasteiger partial charge is 0.206 e. The maximum Gasteiger partial charge on any atom is 0.206 e. The molecule has 2 aromatic carbocycles. The Hall–Kier alpha value is -2.27. The number of rotatable bonds is 5. The molecule has 2 aromatic rings. The molecular formula is C16H16O4S. The molecule has 0 heterocycles. The predicted octanol–water partition coefficient (Wildman–Crippen LogP) is 3.18. The van der Waals surface area contributed by atoms with E-state index in [1.165, 1.54) is 36.4 Å². The van der Waals surface area contributed by atoms with Gasteiger partial charge in [0, 0.05) is 0 Å². The SMILES string of the molecule is C=C(C)COc1ccc(S(=O)(=O)c2ccc(O)cc2)cc1. The van der Waals surface area contributed by atoms with E-state index in [2.05, 4.69) is 6.58 Å². The maximum atomic E-state index is 12.4. The summed E-state index contributed by atoms with van der Waals surface area (Å²) < 4.78 is 30.2. The summed E-state index contributed by atoms with van der Waals surface area (Å²) >= 11 is 0. The molecule has 0 aliphatic carbocycles. The highest BCUT2D eigenvalue weighted by Crippen LogP contribution is 2.24. The van der Waals surface area contributed by atoms with Crippen LogP contribution in [0.2, 0.25) is 0 Å². The second-order valence-electron chi connectivity index (χ2n) is 4.71. The van der Waals surface area contributed by atoms with Gasteiger partial charge in [0.25, 0.3) is 0 Å². The van der Waals surface area contributed by atoms with Crippen LogP contribution in [0, 0.1) is 0 Å². The van der Waals surface area contributed by atoms with Crippen molar-refractivity contribution < 1.29 is 18.3 Å². The summed E-state index contributed by atoms with van der Waals surface area (Å²) in [5, 5.41) is 9.21. The summed E-state index contributed by atoms with van der Waals surface area (Å²) in [4.78, 5) is 0.312. The highest BCUT2D eigenvalue weighted by molar-refractivity contribution is 7.91. The first-order chi connectivity index (χ1) is 9.89. The van der Waals surface area contributed by atoms with E-state index in [9.17, 15) is 13.5 Å². The van der Waals surface area contributed by atoms with Crippen molar-refractivity contribution in [2.75, 3.05) is 6.61 Å². The van der Waals surface area contributed by atoms with E-state index < -0.39 is 9.84 Å². The molecule has 0 saturated heterocycles. The van der Waals surface area contributed by atoms with Crippen LogP contribution in [-0.2, 0) is 9.84 Å². The van der Waals surface area contributed by atoms with Gasteiger partial charge in [-0.2, -0.15) is 0 Å². The van der Waals surface area contributed by atoms with Crippen LogP contribution in [0.1, 0.15) is 6.92 Å². The molecule has 0 atom stereocenters. The van der Waals surface area contributed by atoms with Crippen LogP contribution in [0.15, 0.2) is 70.5 Å². The Morgan fingerprint density at radius 2 is 1.52 bits per heavy atom. The van der Waals surface area contributed by atoms with Crippen molar-refractivity contribution in [2.45, 2.75) is 16.7 Å². The molecule has 0 amide bonds. The van der Waals surface area contributed by atoms with E-state index in [1.807, 2.05) is 6.92 Å². The van der Waals surface area contributed by atoms with Crippen LogP contribution in [0.25, 0.3) is 0 Å². The lowest BCUT2D eigenvalue weighted by Crippen LogP contribution is -2.02. The van der Waals surface area contributed by atoms with Crippen molar-refractivity contribution >= 4 is 9.84 Å².